The second kappa shape index (κ2) is 8.11. The summed E-state index contributed by atoms with van der Waals surface area (Å²) in [6, 6.07) is -0.215. The Labute approximate surface area is 188 Å². The predicted octanol–water partition coefficient (Wildman–Crippen LogP) is 3.54. The molecule has 1 aliphatic heterocycles. The number of fused-ring (bicyclic) bond motifs is 1. The molecule has 2 aromatic rings. The fourth-order valence-electron chi connectivity index (χ4n) is 5.03. The highest BCUT2D eigenvalue weighted by molar-refractivity contribution is 6.04. The van der Waals surface area contributed by atoms with Gasteiger partial charge in [0.25, 0.3) is 5.91 Å². The quantitative estimate of drug-likeness (QED) is 0.670. The van der Waals surface area contributed by atoms with Crippen molar-refractivity contribution in [3.05, 3.63) is 29.1 Å². The van der Waals surface area contributed by atoms with E-state index < -0.39 is 11.6 Å². The number of carbonyl (C=O) groups is 2. The number of pyridine rings is 1. The first kappa shape index (κ1) is 22.1. The van der Waals surface area contributed by atoms with Gasteiger partial charge in [-0.15, -0.1) is 0 Å². The number of aryl methyl sites for hydroxylation is 1. The zero-order valence-electron chi connectivity index (χ0n) is 19.4. The summed E-state index contributed by atoms with van der Waals surface area (Å²) in [7, 11) is 1.83. The van der Waals surface area contributed by atoms with Crippen LogP contribution in [0.1, 0.15) is 67.9 Å². The third kappa shape index (κ3) is 3.91. The van der Waals surface area contributed by atoms with Crippen molar-refractivity contribution in [1.29, 1.82) is 0 Å². The Hall–Kier alpha value is -3.10. The third-order valence-corrected chi connectivity index (χ3v) is 6.51. The minimum Gasteiger partial charge on any atom is -0.465 e. The molecule has 0 radical (unpaired) electrons. The van der Waals surface area contributed by atoms with Gasteiger partial charge < -0.3 is 15.7 Å². The van der Waals surface area contributed by atoms with Gasteiger partial charge in [0.1, 0.15) is 5.82 Å². The number of amides is 2. The lowest BCUT2D eigenvalue weighted by atomic mass is 9.86. The van der Waals surface area contributed by atoms with Gasteiger partial charge >= 0.3 is 6.09 Å². The largest absolute Gasteiger partial charge is 0.465 e. The minimum atomic E-state index is -0.902. The minimum absolute atomic E-state index is 0.0601. The zero-order chi connectivity index (χ0) is 23.2. The maximum Gasteiger partial charge on any atom is 0.408 e. The number of aromatic nitrogens is 3. The van der Waals surface area contributed by atoms with Crippen molar-refractivity contribution < 1.29 is 14.7 Å². The van der Waals surface area contributed by atoms with E-state index >= 15 is 0 Å². The zero-order valence-corrected chi connectivity index (χ0v) is 19.4. The monoisotopic (exact) mass is 440 g/mol. The van der Waals surface area contributed by atoms with Crippen LogP contribution in [0.3, 0.4) is 0 Å². The van der Waals surface area contributed by atoms with Gasteiger partial charge in [0.15, 0.2) is 0 Å². The van der Waals surface area contributed by atoms with Crippen molar-refractivity contribution in [2.45, 2.75) is 77.5 Å². The van der Waals surface area contributed by atoms with Gasteiger partial charge in [-0.2, -0.15) is 5.10 Å². The summed E-state index contributed by atoms with van der Waals surface area (Å²) < 4.78 is 1.69. The van der Waals surface area contributed by atoms with Crippen molar-refractivity contribution in [2.24, 2.45) is 7.05 Å². The Morgan fingerprint density at radius 3 is 2.66 bits per heavy atom. The lowest BCUT2D eigenvalue weighted by Gasteiger charge is -2.45. The lowest BCUT2D eigenvalue weighted by molar-refractivity contribution is 0.0520. The fourth-order valence-corrected chi connectivity index (χ4v) is 5.03. The van der Waals surface area contributed by atoms with Gasteiger partial charge in [-0.1, -0.05) is 12.8 Å². The van der Waals surface area contributed by atoms with E-state index in [2.05, 4.69) is 15.7 Å². The number of hydrogen-bond donors (Lipinski definition) is 3. The first-order valence-electron chi connectivity index (χ1n) is 11.2. The van der Waals surface area contributed by atoms with Gasteiger partial charge in [0, 0.05) is 36.9 Å². The molecular weight excluding hydrogens is 408 g/mol. The van der Waals surface area contributed by atoms with Crippen LogP contribution in [-0.4, -0.2) is 54.4 Å². The van der Waals surface area contributed by atoms with E-state index in [1.807, 2.05) is 40.9 Å². The standard InChI is InChI=1S/C23H32N6O3/c1-13-15-11-24-21(30)18(15)19(14-10-25-28(5)12-14)27-20(13)26-16-8-6-7-9-17(16)29(22(31)32)23(2,3)4/h10,12,16-17H,6-9,11H2,1-5H3,(H,24,30)(H,26,27)(H,31,32)/t16-,17-/m1/s1. The molecule has 0 spiro atoms. The molecule has 2 atom stereocenters. The van der Waals surface area contributed by atoms with Crippen molar-refractivity contribution in [2.75, 3.05) is 5.32 Å². The van der Waals surface area contributed by atoms with E-state index in [-0.39, 0.29) is 18.0 Å². The van der Waals surface area contributed by atoms with Crippen LogP contribution in [0.4, 0.5) is 10.6 Å². The van der Waals surface area contributed by atoms with Crippen molar-refractivity contribution in [3.63, 3.8) is 0 Å². The molecule has 2 aliphatic rings. The fraction of sp³-hybridized carbons (Fsp3) is 0.565. The smallest absolute Gasteiger partial charge is 0.408 e. The lowest BCUT2D eigenvalue weighted by Crippen LogP contribution is -2.58. The van der Waals surface area contributed by atoms with E-state index in [0.29, 0.717) is 23.6 Å². The molecule has 1 aliphatic carbocycles. The second-order valence-electron chi connectivity index (χ2n) is 9.80. The highest BCUT2D eigenvalue weighted by atomic mass is 16.4. The Balaban J connectivity index is 1.75. The van der Waals surface area contributed by atoms with Gasteiger partial charge in [-0.25, -0.2) is 9.78 Å². The molecule has 3 N–H and O–H groups in total. The molecule has 0 aromatic carbocycles. The number of carboxylic acid groups (broad SMARTS) is 1. The van der Waals surface area contributed by atoms with Crippen LogP contribution < -0.4 is 10.6 Å². The van der Waals surface area contributed by atoms with Crippen LogP contribution in [-0.2, 0) is 13.6 Å². The topological polar surface area (TPSA) is 112 Å². The van der Waals surface area contributed by atoms with Crippen LogP contribution in [0, 0.1) is 6.92 Å². The molecule has 9 heteroatoms. The summed E-state index contributed by atoms with van der Waals surface area (Å²) in [4.78, 5) is 31.2. The van der Waals surface area contributed by atoms with E-state index in [9.17, 15) is 14.7 Å². The summed E-state index contributed by atoms with van der Waals surface area (Å²) in [5.41, 5.74) is 3.34. The average molecular weight is 441 g/mol. The Bertz CT molecular complexity index is 1050. The summed E-state index contributed by atoms with van der Waals surface area (Å²) in [6.45, 7) is 8.23. The van der Waals surface area contributed by atoms with Crippen LogP contribution in [0.2, 0.25) is 0 Å². The van der Waals surface area contributed by atoms with Gasteiger partial charge in [0.2, 0.25) is 0 Å². The normalized spacial score (nSPS) is 20.6. The molecule has 0 saturated heterocycles. The molecule has 4 rings (SSSR count). The van der Waals surface area contributed by atoms with Gasteiger partial charge in [-0.3, -0.25) is 14.4 Å². The van der Waals surface area contributed by atoms with Gasteiger partial charge in [0.05, 0.1) is 23.5 Å². The first-order valence-corrected chi connectivity index (χ1v) is 11.2. The van der Waals surface area contributed by atoms with E-state index in [1.165, 1.54) is 0 Å². The van der Waals surface area contributed by atoms with E-state index in [4.69, 9.17) is 4.98 Å². The maximum atomic E-state index is 12.6. The van der Waals surface area contributed by atoms with Crippen molar-refractivity contribution in [3.8, 4) is 11.3 Å². The van der Waals surface area contributed by atoms with Crippen molar-refractivity contribution in [1.82, 2.24) is 25.0 Å². The molecule has 2 amide bonds. The summed E-state index contributed by atoms with van der Waals surface area (Å²) in [5, 5.41) is 20.7. The first-order chi connectivity index (χ1) is 15.1. The summed E-state index contributed by atoms with van der Waals surface area (Å²) >= 11 is 0. The SMILES string of the molecule is Cc1c(N[C@@H]2CCCC[C@H]2N(C(=O)O)C(C)(C)C)nc(-c2cnn(C)c2)c2c1CNC2=O. The van der Waals surface area contributed by atoms with Gasteiger partial charge in [-0.05, 0) is 51.7 Å². The van der Waals surface area contributed by atoms with Crippen LogP contribution >= 0.6 is 0 Å². The summed E-state index contributed by atoms with van der Waals surface area (Å²) in [5.74, 6) is 0.580. The molecule has 2 aromatic heterocycles. The number of rotatable bonds is 4. The Morgan fingerprint density at radius 2 is 2.03 bits per heavy atom. The number of nitrogens with one attached hydrogen (secondary N) is 2. The number of carbonyl (C=O) groups excluding carboxylic acids is 1. The molecule has 1 saturated carbocycles. The Kier molecular flexibility index (Phi) is 5.60. The molecule has 0 unspecified atom stereocenters. The van der Waals surface area contributed by atoms with Crippen LogP contribution in [0.5, 0.6) is 0 Å². The number of nitrogens with zero attached hydrogens (tertiary/aromatic N) is 4. The average Bonchev–Trinajstić information content (AvgIpc) is 3.30. The second-order valence-corrected chi connectivity index (χ2v) is 9.80. The molecular formula is C23H32N6O3. The highest BCUT2D eigenvalue weighted by Crippen LogP contribution is 2.35. The number of hydrogen-bond acceptors (Lipinski definition) is 5. The molecule has 3 heterocycles. The highest BCUT2D eigenvalue weighted by Gasteiger charge is 2.39. The molecule has 9 nitrogen and oxygen atoms in total. The van der Waals surface area contributed by atoms with Crippen molar-refractivity contribution >= 4 is 17.8 Å². The third-order valence-electron chi connectivity index (χ3n) is 6.51. The Morgan fingerprint density at radius 1 is 1.31 bits per heavy atom. The number of anilines is 1. The molecule has 0 bridgehead atoms. The summed E-state index contributed by atoms with van der Waals surface area (Å²) in [6.07, 6.45) is 6.36. The van der Waals surface area contributed by atoms with E-state index in [1.54, 1.807) is 15.8 Å². The van der Waals surface area contributed by atoms with Crippen LogP contribution in [0.25, 0.3) is 11.3 Å². The maximum absolute atomic E-state index is 12.6. The molecule has 1 fully saturated rings. The predicted molar refractivity (Wildman–Crippen MR) is 122 cm³/mol. The van der Waals surface area contributed by atoms with E-state index in [0.717, 1.165) is 42.4 Å². The van der Waals surface area contributed by atoms with Crippen LogP contribution in [0.15, 0.2) is 12.4 Å². The molecule has 32 heavy (non-hydrogen) atoms. The molecule has 172 valence electrons.